The second-order valence-corrected chi connectivity index (χ2v) is 4.45. The van der Waals surface area contributed by atoms with E-state index in [0.717, 1.165) is 5.75 Å². The zero-order chi connectivity index (χ0) is 9.14. The van der Waals surface area contributed by atoms with E-state index >= 15 is 0 Å². The quantitative estimate of drug-likeness (QED) is 0.667. The maximum absolute atomic E-state index is 9.50. The lowest BCUT2D eigenvalue weighted by Crippen LogP contribution is -2.46. The number of aliphatic hydroxyl groups is 2. The molecule has 1 rings (SSSR count). The molecule has 0 amide bonds. The summed E-state index contributed by atoms with van der Waals surface area (Å²) in [5.74, 6) is 0.983. The fourth-order valence-corrected chi connectivity index (χ4v) is 2.29. The number of rotatable bonds is 2. The first-order valence-electron chi connectivity index (χ1n) is 4.26. The van der Waals surface area contributed by atoms with Crippen LogP contribution in [0, 0.1) is 5.92 Å². The normalized spacial score (nSPS) is 43.0. The minimum absolute atomic E-state index is 0.0127. The Bertz CT molecular complexity index is 142. The first-order chi connectivity index (χ1) is 5.66. The molecule has 4 atom stereocenters. The molecule has 1 heterocycles. The zero-order valence-electron chi connectivity index (χ0n) is 7.43. The smallest absolute Gasteiger partial charge is 0.108 e. The SMILES string of the molecule is CCS[C@@H]1OC[C@@H](O)[C@H](O)C1C. The van der Waals surface area contributed by atoms with Crippen LogP contribution < -0.4 is 0 Å². The van der Waals surface area contributed by atoms with Gasteiger partial charge in [-0.05, 0) is 5.75 Å². The summed E-state index contributed by atoms with van der Waals surface area (Å²) in [5.41, 5.74) is 0.0356. The molecule has 1 aliphatic rings. The van der Waals surface area contributed by atoms with Crippen LogP contribution in [-0.2, 0) is 4.74 Å². The average molecular weight is 192 g/mol. The van der Waals surface area contributed by atoms with E-state index in [1.165, 1.54) is 0 Å². The van der Waals surface area contributed by atoms with Gasteiger partial charge in [-0.1, -0.05) is 13.8 Å². The van der Waals surface area contributed by atoms with Gasteiger partial charge in [-0.15, -0.1) is 11.8 Å². The third-order valence-corrected chi connectivity index (χ3v) is 3.35. The van der Waals surface area contributed by atoms with Gasteiger partial charge in [-0.3, -0.25) is 0 Å². The van der Waals surface area contributed by atoms with E-state index in [1.54, 1.807) is 11.8 Å². The largest absolute Gasteiger partial charge is 0.390 e. The highest BCUT2D eigenvalue weighted by Gasteiger charge is 2.35. The highest BCUT2D eigenvalue weighted by atomic mass is 32.2. The average Bonchev–Trinajstić information content (AvgIpc) is 2.07. The van der Waals surface area contributed by atoms with Crippen molar-refractivity contribution in [3.05, 3.63) is 0 Å². The van der Waals surface area contributed by atoms with Crippen molar-refractivity contribution in [3.8, 4) is 0 Å². The Morgan fingerprint density at radius 1 is 1.50 bits per heavy atom. The van der Waals surface area contributed by atoms with Crippen LogP contribution in [0.15, 0.2) is 0 Å². The first kappa shape index (κ1) is 10.3. The van der Waals surface area contributed by atoms with Gasteiger partial charge in [0.05, 0.1) is 12.7 Å². The molecule has 0 radical (unpaired) electrons. The molecular formula is C8H16O3S. The molecule has 0 bridgehead atoms. The van der Waals surface area contributed by atoms with Gasteiger partial charge in [0.1, 0.15) is 11.5 Å². The second kappa shape index (κ2) is 4.46. The standard InChI is InChI=1S/C8H16O3S/c1-3-12-8-5(2)7(10)6(9)4-11-8/h5-10H,3-4H2,1-2H3/t5?,6-,7-,8+/m1/s1. The lowest BCUT2D eigenvalue weighted by Gasteiger charge is -2.35. The summed E-state index contributed by atoms with van der Waals surface area (Å²) in [4.78, 5) is 0. The van der Waals surface area contributed by atoms with Crippen LogP contribution in [0.25, 0.3) is 0 Å². The minimum atomic E-state index is -0.714. The zero-order valence-corrected chi connectivity index (χ0v) is 8.25. The van der Waals surface area contributed by atoms with Gasteiger partial charge in [-0.2, -0.15) is 0 Å². The molecule has 2 N–H and O–H groups in total. The number of aliphatic hydroxyl groups excluding tert-OH is 2. The fraction of sp³-hybridized carbons (Fsp3) is 1.00. The van der Waals surface area contributed by atoms with Crippen molar-refractivity contribution < 1.29 is 14.9 Å². The summed E-state index contributed by atoms with van der Waals surface area (Å²) in [6.45, 7) is 4.21. The van der Waals surface area contributed by atoms with Crippen molar-refractivity contribution in [2.75, 3.05) is 12.4 Å². The van der Waals surface area contributed by atoms with Crippen LogP contribution in [0.5, 0.6) is 0 Å². The fourth-order valence-electron chi connectivity index (χ4n) is 1.32. The summed E-state index contributed by atoms with van der Waals surface area (Å²) < 4.78 is 5.37. The monoisotopic (exact) mass is 192 g/mol. The molecule has 0 aromatic rings. The van der Waals surface area contributed by atoms with Gasteiger partial charge in [0.25, 0.3) is 0 Å². The predicted octanol–water partition coefficient (Wildman–Crippen LogP) is 0.454. The van der Waals surface area contributed by atoms with E-state index in [0.29, 0.717) is 0 Å². The number of hydrogen-bond donors (Lipinski definition) is 2. The Kier molecular flexibility index (Phi) is 3.83. The number of thioether (sulfide) groups is 1. The Morgan fingerprint density at radius 2 is 2.17 bits per heavy atom. The molecule has 12 heavy (non-hydrogen) atoms. The molecule has 1 unspecified atom stereocenters. The Morgan fingerprint density at radius 3 is 2.75 bits per heavy atom. The summed E-state index contributed by atoms with van der Waals surface area (Å²) in [6, 6.07) is 0. The lowest BCUT2D eigenvalue weighted by molar-refractivity contribution is -0.126. The van der Waals surface area contributed by atoms with Crippen LogP contribution in [0.4, 0.5) is 0 Å². The summed E-state index contributed by atoms with van der Waals surface area (Å²) >= 11 is 1.67. The molecule has 4 heteroatoms. The number of ether oxygens (including phenoxy) is 1. The van der Waals surface area contributed by atoms with Crippen LogP contribution in [0.2, 0.25) is 0 Å². The summed E-state index contributed by atoms with van der Waals surface area (Å²) in [7, 11) is 0. The Labute approximate surface area is 77.1 Å². The molecule has 0 aromatic heterocycles. The molecule has 0 aliphatic carbocycles. The van der Waals surface area contributed by atoms with Gasteiger partial charge < -0.3 is 14.9 Å². The van der Waals surface area contributed by atoms with Crippen molar-refractivity contribution >= 4 is 11.8 Å². The van der Waals surface area contributed by atoms with E-state index in [4.69, 9.17) is 4.74 Å². The van der Waals surface area contributed by atoms with E-state index in [2.05, 4.69) is 6.92 Å². The number of hydrogen-bond acceptors (Lipinski definition) is 4. The molecule has 0 aromatic carbocycles. The van der Waals surface area contributed by atoms with E-state index in [1.807, 2.05) is 6.92 Å². The Balaban J connectivity index is 2.46. The van der Waals surface area contributed by atoms with Crippen molar-refractivity contribution in [2.24, 2.45) is 5.92 Å². The highest BCUT2D eigenvalue weighted by Crippen LogP contribution is 2.28. The predicted molar refractivity (Wildman–Crippen MR) is 49.0 cm³/mol. The molecule has 1 saturated heterocycles. The molecule has 1 aliphatic heterocycles. The van der Waals surface area contributed by atoms with E-state index < -0.39 is 12.2 Å². The summed E-state index contributed by atoms with van der Waals surface area (Å²) in [6.07, 6.45) is -1.35. The molecule has 3 nitrogen and oxygen atoms in total. The van der Waals surface area contributed by atoms with Gasteiger partial charge in [0, 0.05) is 5.92 Å². The third-order valence-electron chi connectivity index (χ3n) is 2.12. The van der Waals surface area contributed by atoms with Crippen molar-refractivity contribution in [2.45, 2.75) is 31.5 Å². The second-order valence-electron chi connectivity index (χ2n) is 3.07. The van der Waals surface area contributed by atoms with Crippen LogP contribution in [0.3, 0.4) is 0 Å². The van der Waals surface area contributed by atoms with Gasteiger partial charge >= 0.3 is 0 Å². The Hall–Kier alpha value is 0.230. The van der Waals surface area contributed by atoms with Crippen molar-refractivity contribution in [1.29, 1.82) is 0 Å². The molecule has 0 saturated carbocycles. The van der Waals surface area contributed by atoms with E-state index in [9.17, 15) is 10.2 Å². The lowest BCUT2D eigenvalue weighted by atomic mass is 9.99. The van der Waals surface area contributed by atoms with Crippen molar-refractivity contribution in [3.63, 3.8) is 0 Å². The van der Waals surface area contributed by atoms with Crippen molar-refractivity contribution in [1.82, 2.24) is 0 Å². The maximum Gasteiger partial charge on any atom is 0.108 e. The molecule has 1 fully saturated rings. The highest BCUT2D eigenvalue weighted by molar-refractivity contribution is 7.99. The van der Waals surface area contributed by atoms with Gasteiger partial charge in [0.15, 0.2) is 0 Å². The third kappa shape index (κ3) is 2.13. The van der Waals surface area contributed by atoms with Gasteiger partial charge in [0.2, 0.25) is 0 Å². The maximum atomic E-state index is 9.50. The van der Waals surface area contributed by atoms with E-state index in [-0.39, 0.29) is 18.0 Å². The van der Waals surface area contributed by atoms with Crippen LogP contribution >= 0.6 is 11.8 Å². The topological polar surface area (TPSA) is 49.7 Å². The molecule has 72 valence electrons. The summed E-state index contributed by atoms with van der Waals surface area (Å²) in [5, 5.41) is 18.7. The molecule has 0 spiro atoms. The van der Waals surface area contributed by atoms with Gasteiger partial charge in [-0.25, -0.2) is 0 Å². The van der Waals surface area contributed by atoms with Crippen LogP contribution in [0.1, 0.15) is 13.8 Å². The van der Waals surface area contributed by atoms with Crippen LogP contribution in [-0.4, -0.2) is 40.2 Å². The minimum Gasteiger partial charge on any atom is -0.390 e. The first-order valence-corrected chi connectivity index (χ1v) is 5.31. The molecular weight excluding hydrogens is 176 g/mol.